The van der Waals surface area contributed by atoms with E-state index in [2.05, 4.69) is 16.0 Å². The number of hydrogen-bond acceptors (Lipinski definition) is 7. The highest BCUT2D eigenvalue weighted by atomic mass is 16.6. The van der Waals surface area contributed by atoms with Crippen LogP contribution in [0.2, 0.25) is 0 Å². The molecule has 2 fully saturated rings. The molecule has 0 aromatic rings. The van der Waals surface area contributed by atoms with Gasteiger partial charge in [0, 0.05) is 33.3 Å². The molecule has 10 nitrogen and oxygen atoms in total. The molecule has 3 amide bonds. The number of ether oxygens (including phenoxy) is 2. The molecule has 0 bridgehead atoms. The molecule has 10 heteroatoms. The molecule has 25 heavy (non-hydrogen) atoms. The van der Waals surface area contributed by atoms with E-state index in [9.17, 15) is 19.2 Å². The molecule has 2 heterocycles. The smallest absolute Gasteiger partial charge is 0.308 e. The summed E-state index contributed by atoms with van der Waals surface area (Å²) in [5, 5.41) is 8.30. The van der Waals surface area contributed by atoms with Crippen molar-refractivity contribution in [3.63, 3.8) is 0 Å². The molecular formula is C15H24N4O6. The number of piperazine rings is 2. The summed E-state index contributed by atoms with van der Waals surface area (Å²) in [6.07, 6.45) is -0.292. The van der Waals surface area contributed by atoms with Gasteiger partial charge in [-0.15, -0.1) is 0 Å². The van der Waals surface area contributed by atoms with Crippen LogP contribution >= 0.6 is 0 Å². The molecule has 0 aliphatic carbocycles. The molecule has 3 N–H and O–H groups in total. The zero-order valence-electron chi connectivity index (χ0n) is 14.2. The lowest BCUT2D eigenvalue weighted by molar-refractivity contribution is -0.153. The second kappa shape index (κ2) is 9.33. The number of methoxy groups -OCH3 is 1. The fourth-order valence-corrected chi connectivity index (χ4v) is 2.78. The lowest BCUT2D eigenvalue weighted by Crippen LogP contribution is -2.60. The molecule has 2 aliphatic heterocycles. The van der Waals surface area contributed by atoms with Crippen molar-refractivity contribution in [1.82, 2.24) is 20.9 Å². The van der Waals surface area contributed by atoms with Crippen LogP contribution in [-0.4, -0.2) is 87.2 Å². The van der Waals surface area contributed by atoms with Gasteiger partial charge in [-0.05, 0) is 0 Å². The highest BCUT2D eigenvalue weighted by Gasteiger charge is 2.36. The average Bonchev–Trinajstić information content (AvgIpc) is 2.59. The van der Waals surface area contributed by atoms with Crippen LogP contribution in [0.15, 0.2) is 0 Å². The van der Waals surface area contributed by atoms with Gasteiger partial charge in [-0.2, -0.15) is 0 Å². The van der Waals surface area contributed by atoms with Crippen LogP contribution in [0.4, 0.5) is 0 Å². The number of rotatable bonds is 7. The number of amides is 3. The quantitative estimate of drug-likeness (QED) is 0.336. The summed E-state index contributed by atoms with van der Waals surface area (Å²) < 4.78 is 9.76. The second-order valence-electron chi connectivity index (χ2n) is 5.81. The maximum Gasteiger partial charge on any atom is 0.308 e. The fraction of sp³-hybridized carbons (Fsp3) is 0.733. The Morgan fingerprint density at radius 2 is 1.84 bits per heavy atom. The van der Waals surface area contributed by atoms with Gasteiger partial charge in [0.25, 0.3) is 0 Å². The first-order chi connectivity index (χ1) is 12.0. The Hall–Kier alpha value is -2.20. The van der Waals surface area contributed by atoms with Crippen molar-refractivity contribution >= 4 is 23.7 Å². The molecule has 0 saturated carbocycles. The average molecular weight is 356 g/mol. The van der Waals surface area contributed by atoms with Gasteiger partial charge in [-0.3, -0.25) is 19.2 Å². The van der Waals surface area contributed by atoms with Gasteiger partial charge in [-0.1, -0.05) is 0 Å². The Balaban J connectivity index is 1.95. The van der Waals surface area contributed by atoms with Gasteiger partial charge >= 0.3 is 5.97 Å². The largest absolute Gasteiger partial charge is 0.463 e. The predicted octanol–water partition coefficient (Wildman–Crippen LogP) is -2.63. The Labute approximate surface area is 145 Å². The normalized spacial score (nSPS) is 23.6. The van der Waals surface area contributed by atoms with E-state index < -0.39 is 24.0 Å². The summed E-state index contributed by atoms with van der Waals surface area (Å²) in [7, 11) is 1.48. The van der Waals surface area contributed by atoms with Gasteiger partial charge in [0.05, 0.1) is 25.5 Å². The zero-order chi connectivity index (χ0) is 18.2. The van der Waals surface area contributed by atoms with Crippen molar-refractivity contribution in [2.45, 2.75) is 24.9 Å². The van der Waals surface area contributed by atoms with Crippen molar-refractivity contribution < 1.29 is 28.7 Å². The lowest BCUT2D eigenvalue weighted by Gasteiger charge is -2.35. The number of hydrogen-bond donors (Lipinski definition) is 3. The van der Waals surface area contributed by atoms with Gasteiger partial charge in [0.2, 0.25) is 17.7 Å². The lowest BCUT2D eigenvalue weighted by atomic mass is 10.1. The van der Waals surface area contributed by atoms with E-state index in [-0.39, 0.29) is 44.4 Å². The first-order valence-corrected chi connectivity index (χ1v) is 8.25. The maximum atomic E-state index is 12.6. The number of nitrogens with one attached hydrogen (secondary N) is 3. The van der Waals surface area contributed by atoms with E-state index >= 15 is 0 Å². The zero-order valence-corrected chi connectivity index (χ0v) is 14.2. The summed E-state index contributed by atoms with van der Waals surface area (Å²) in [6.45, 7) is 2.04. The summed E-state index contributed by atoms with van der Waals surface area (Å²) in [5.41, 5.74) is 0. The number of carbonyl (C=O) groups excluding carboxylic acids is 4. The van der Waals surface area contributed by atoms with E-state index in [1.54, 1.807) is 0 Å². The molecule has 0 aromatic carbocycles. The predicted molar refractivity (Wildman–Crippen MR) is 85.4 cm³/mol. The van der Waals surface area contributed by atoms with Crippen LogP contribution in [0.5, 0.6) is 0 Å². The van der Waals surface area contributed by atoms with Crippen LogP contribution < -0.4 is 16.0 Å². The van der Waals surface area contributed by atoms with E-state index in [0.717, 1.165) is 0 Å². The van der Waals surface area contributed by atoms with E-state index in [1.807, 2.05) is 0 Å². The summed E-state index contributed by atoms with van der Waals surface area (Å²) >= 11 is 0. The maximum absolute atomic E-state index is 12.6. The molecule has 2 rings (SSSR count). The summed E-state index contributed by atoms with van der Waals surface area (Å²) in [4.78, 5) is 49.7. The Bertz CT molecular complexity index is 526. The Morgan fingerprint density at radius 3 is 2.56 bits per heavy atom. The van der Waals surface area contributed by atoms with Crippen molar-refractivity contribution in [2.24, 2.45) is 0 Å². The minimum Gasteiger partial charge on any atom is -0.463 e. The molecule has 2 saturated heterocycles. The van der Waals surface area contributed by atoms with Gasteiger partial charge in [-0.25, -0.2) is 0 Å². The molecule has 2 aliphatic rings. The molecule has 2 atom stereocenters. The Kier molecular flexibility index (Phi) is 7.14. The standard InChI is InChI=1S/C15H24N4O6/c1-24-6-7-25-13(21)9-11-15(23)18-4-5-19(11)12(20)8-10-14(22)17-3-2-16-10/h10-11,16H,2-9H2,1H3,(H,17,22)(H,18,23). The van der Waals surface area contributed by atoms with Crippen LogP contribution in [0.25, 0.3) is 0 Å². The van der Waals surface area contributed by atoms with Crippen LogP contribution in [0.1, 0.15) is 12.8 Å². The number of carbonyl (C=O) groups is 4. The third-order valence-electron chi connectivity index (χ3n) is 4.07. The summed E-state index contributed by atoms with van der Waals surface area (Å²) in [5.74, 6) is -1.56. The number of nitrogens with zero attached hydrogens (tertiary/aromatic N) is 1. The molecular weight excluding hydrogens is 332 g/mol. The van der Waals surface area contributed by atoms with E-state index in [1.165, 1.54) is 12.0 Å². The fourth-order valence-electron chi connectivity index (χ4n) is 2.78. The highest BCUT2D eigenvalue weighted by molar-refractivity contribution is 5.94. The van der Waals surface area contributed by atoms with E-state index in [0.29, 0.717) is 19.6 Å². The molecule has 0 aromatic heterocycles. The van der Waals surface area contributed by atoms with Crippen LogP contribution in [-0.2, 0) is 28.7 Å². The first kappa shape index (κ1) is 19.1. The minimum atomic E-state index is -0.928. The monoisotopic (exact) mass is 356 g/mol. The third-order valence-corrected chi connectivity index (χ3v) is 4.07. The third kappa shape index (κ3) is 5.40. The van der Waals surface area contributed by atoms with Gasteiger partial charge < -0.3 is 30.3 Å². The van der Waals surface area contributed by atoms with Crippen LogP contribution in [0.3, 0.4) is 0 Å². The molecule has 0 radical (unpaired) electrons. The number of esters is 1. The van der Waals surface area contributed by atoms with Crippen molar-refractivity contribution in [3.8, 4) is 0 Å². The van der Waals surface area contributed by atoms with Gasteiger partial charge in [0.15, 0.2) is 0 Å². The minimum absolute atomic E-state index is 0.0612. The van der Waals surface area contributed by atoms with Gasteiger partial charge in [0.1, 0.15) is 12.6 Å². The molecule has 140 valence electrons. The highest BCUT2D eigenvalue weighted by Crippen LogP contribution is 2.13. The topological polar surface area (TPSA) is 126 Å². The SMILES string of the molecule is COCCOC(=O)CC1C(=O)NCCN1C(=O)CC1NCCNC1=O. The first-order valence-electron chi connectivity index (χ1n) is 8.25. The van der Waals surface area contributed by atoms with Crippen molar-refractivity contribution in [3.05, 3.63) is 0 Å². The summed E-state index contributed by atoms with van der Waals surface area (Å²) in [6, 6.07) is -1.55. The molecule has 2 unspecified atom stereocenters. The molecule has 0 spiro atoms. The van der Waals surface area contributed by atoms with Crippen LogP contribution in [0, 0.1) is 0 Å². The Morgan fingerprint density at radius 1 is 1.08 bits per heavy atom. The van der Waals surface area contributed by atoms with Crippen molar-refractivity contribution in [2.75, 3.05) is 46.5 Å². The second-order valence-corrected chi connectivity index (χ2v) is 5.81. The van der Waals surface area contributed by atoms with Crippen molar-refractivity contribution in [1.29, 1.82) is 0 Å². The van der Waals surface area contributed by atoms with E-state index in [4.69, 9.17) is 9.47 Å².